The summed E-state index contributed by atoms with van der Waals surface area (Å²) >= 11 is 0. The molecule has 2 rings (SSSR count). The fourth-order valence-electron chi connectivity index (χ4n) is 3.21. The second kappa shape index (κ2) is 3.81. The highest BCUT2D eigenvalue weighted by Gasteiger charge is 2.36. The third kappa shape index (κ3) is 1.91. The van der Waals surface area contributed by atoms with Crippen molar-refractivity contribution in [3.8, 4) is 0 Å². The molecule has 0 aliphatic heterocycles. The van der Waals surface area contributed by atoms with Crippen LogP contribution in [0.1, 0.15) is 53.4 Å². The van der Waals surface area contributed by atoms with Gasteiger partial charge in [-0.15, -0.1) is 0 Å². The molecule has 0 heteroatoms. The van der Waals surface area contributed by atoms with Crippen molar-refractivity contribution in [3.63, 3.8) is 0 Å². The Hall–Kier alpha value is -0.520. The lowest BCUT2D eigenvalue weighted by molar-refractivity contribution is 0.261. The maximum atomic E-state index is 2.51. The SMILES string of the molecule is CC(C)C1=CCC2(C)CCCC(C)C2=C1. The van der Waals surface area contributed by atoms with Crippen LogP contribution in [0.15, 0.2) is 23.3 Å². The first-order chi connectivity index (χ1) is 7.03. The maximum absolute atomic E-state index is 2.51. The molecule has 0 amide bonds. The third-order valence-corrected chi connectivity index (χ3v) is 4.37. The Labute approximate surface area is 94.5 Å². The first-order valence-electron chi connectivity index (χ1n) is 6.45. The van der Waals surface area contributed by atoms with E-state index in [1.165, 1.54) is 25.7 Å². The Bertz CT molecular complexity index is 306. The van der Waals surface area contributed by atoms with E-state index in [9.17, 15) is 0 Å². The Kier molecular flexibility index (Phi) is 2.79. The molecule has 2 aliphatic carbocycles. The van der Waals surface area contributed by atoms with Crippen LogP contribution in [0.25, 0.3) is 0 Å². The van der Waals surface area contributed by atoms with Crippen molar-refractivity contribution < 1.29 is 0 Å². The predicted octanol–water partition coefficient (Wildman–Crippen LogP) is 4.73. The minimum Gasteiger partial charge on any atom is -0.0802 e. The van der Waals surface area contributed by atoms with E-state index in [4.69, 9.17) is 0 Å². The molecule has 0 nitrogen and oxygen atoms in total. The molecule has 2 aliphatic rings. The highest BCUT2D eigenvalue weighted by atomic mass is 14.4. The molecular weight excluding hydrogens is 180 g/mol. The molecule has 0 N–H and O–H groups in total. The summed E-state index contributed by atoms with van der Waals surface area (Å²) in [6, 6.07) is 0. The standard InChI is InChI=1S/C15H24/c1-11(2)13-7-9-15(4)8-5-6-12(3)14(15)10-13/h7,10-12H,5-6,8-9H2,1-4H3. The van der Waals surface area contributed by atoms with E-state index in [2.05, 4.69) is 39.8 Å². The topological polar surface area (TPSA) is 0 Å². The van der Waals surface area contributed by atoms with Gasteiger partial charge in [-0.05, 0) is 42.1 Å². The quantitative estimate of drug-likeness (QED) is 0.579. The monoisotopic (exact) mass is 204 g/mol. The van der Waals surface area contributed by atoms with Crippen LogP contribution in [0.3, 0.4) is 0 Å². The number of hydrogen-bond donors (Lipinski definition) is 0. The lowest BCUT2D eigenvalue weighted by atomic mass is 9.63. The van der Waals surface area contributed by atoms with Crippen molar-refractivity contribution >= 4 is 0 Å². The van der Waals surface area contributed by atoms with E-state index in [1.807, 2.05) is 0 Å². The van der Waals surface area contributed by atoms with Gasteiger partial charge in [0.2, 0.25) is 0 Å². The maximum Gasteiger partial charge on any atom is -0.00758 e. The first-order valence-corrected chi connectivity index (χ1v) is 6.45. The zero-order valence-corrected chi connectivity index (χ0v) is 10.6. The largest absolute Gasteiger partial charge is 0.0802 e. The van der Waals surface area contributed by atoms with Gasteiger partial charge in [0.25, 0.3) is 0 Å². The van der Waals surface area contributed by atoms with Crippen LogP contribution in [-0.2, 0) is 0 Å². The van der Waals surface area contributed by atoms with E-state index in [0.717, 1.165) is 5.92 Å². The lowest BCUT2D eigenvalue weighted by Crippen LogP contribution is -2.29. The van der Waals surface area contributed by atoms with Gasteiger partial charge in [0.1, 0.15) is 0 Å². The van der Waals surface area contributed by atoms with Gasteiger partial charge >= 0.3 is 0 Å². The van der Waals surface area contributed by atoms with E-state index < -0.39 is 0 Å². The average molecular weight is 204 g/mol. The molecule has 0 saturated heterocycles. The van der Waals surface area contributed by atoms with Gasteiger partial charge in [-0.25, -0.2) is 0 Å². The van der Waals surface area contributed by atoms with Gasteiger partial charge in [-0.1, -0.05) is 51.8 Å². The van der Waals surface area contributed by atoms with Crippen molar-refractivity contribution in [2.45, 2.75) is 53.4 Å². The van der Waals surface area contributed by atoms with Crippen LogP contribution in [0.5, 0.6) is 0 Å². The number of allylic oxidation sites excluding steroid dienone is 4. The smallest absolute Gasteiger partial charge is 0.00758 e. The van der Waals surface area contributed by atoms with Crippen LogP contribution in [0, 0.1) is 17.3 Å². The number of hydrogen-bond acceptors (Lipinski definition) is 0. The summed E-state index contributed by atoms with van der Waals surface area (Å²) in [6.07, 6.45) is 10.5. The van der Waals surface area contributed by atoms with Crippen molar-refractivity contribution in [2.24, 2.45) is 17.3 Å². The summed E-state index contributed by atoms with van der Waals surface area (Å²) in [6.45, 7) is 9.48. The summed E-state index contributed by atoms with van der Waals surface area (Å²) in [7, 11) is 0. The molecule has 0 heterocycles. The summed E-state index contributed by atoms with van der Waals surface area (Å²) in [5.74, 6) is 1.50. The van der Waals surface area contributed by atoms with Gasteiger partial charge in [0.05, 0.1) is 0 Å². The molecular formula is C15H24. The van der Waals surface area contributed by atoms with Crippen molar-refractivity contribution in [2.75, 3.05) is 0 Å². The Morgan fingerprint density at radius 3 is 2.80 bits per heavy atom. The van der Waals surface area contributed by atoms with Crippen molar-refractivity contribution in [3.05, 3.63) is 23.3 Å². The molecule has 0 aromatic carbocycles. The Balaban J connectivity index is 2.31. The summed E-state index contributed by atoms with van der Waals surface area (Å²) in [5, 5.41) is 0. The van der Waals surface area contributed by atoms with Gasteiger partial charge < -0.3 is 0 Å². The fourth-order valence-corrected chi connectivity index (χ4v) is 3.21. The van der Waals surface area contributed by atoms with Crippen molar-refractivity contribution in [1.29, 1.82) is 0 Å². The van der Waals surface area contributed by atoms with Crippen LogP contribution in [0.2, 0.25) is 0 Å². The highest BCUT2D eigenvalue weighted by Crippen LogP contribution is 2.49. The van der Waals surface area contributed by atoms with Crippen LogP contribution < -0.4 is 0 Å². The molecule has 1 saturated carbocycles. The molecule has 0 aromatic heterocycles. The number of rotatable bonds is 1. The molecule has 2 unspecified atom stereocenters. The zero-order valence-electron chi connectivity index (χ0n) is 10.6. The Morgan fingerprint density at radius 2 is 2.13 bits per heavy atom. The van der Waals surface area contributed by atoms with Crippen LogP contribution in [0.4, 0.5) is 0 Å². The number of fused-ring (bicyclic) bond motifs is 1. The molecule has 1 fully saturated rings. The molecule has 0 spiro atoms. The minimum atomic E-state index is 0.496. The first kappa shape index (κ1) is 11.0. The normalized spacial score (nSPS) is 35.9. The average Bonchev–Trinajstić information content (AvgIpc) is 2.17. The van der Waals surface area contributed by atoms with E-state index >= 15 is 0 Å². The van der Waals surface area contributed by atoms with E-state index in [-0.39, 0.29) is 0 Å². The molecule has 15 heavy (non-hydrogen) atoms. The predicted molar refractivity (Wildman–Crippen MR) is 66.7 cm³/mol. The highest BCUT2D eigenvalue weighted by molar-refractivity contribution is 5.36. The molecule has 0 radical (unpaired) electrons. The second-order valence-corrected chi connectivity index (χ2v) is 6.02. The van der Waals surface area contributed by atoms with Crippen molar-refractivity contribution in [1.82, 2.24) is 0 Å². The van der Waals surface area contributed by atoms with Gasteiger partial charge in [-0.3, -0.25) is 0 Å². The fraction of sp³-hybridized carbons (Fsp3) is 0.733. The summed E-state index contributed by atoms with van der Waals surface area (Å²) in [4.78, 5) is 0. The zero-order chi connectivity index (χ0) is 11.1. The summed E-state index contributed by atoms with van der Waals surface area (Å²) in [5.41, 5.74) is 3.80. The van der Waals surface area contributed by atoms with E-state index in [0.29, 0.717) is 11.3 Å². The second-order valence-electron chi connectivity index (χ2n) is 6.02. The van der Waals surface area contributed by atoms with E-state index in [1.54, 1.807) is 11.1 Å². The summed E-state index contributed by atoms with van der Waals surface area (Å²) < 4.78 is 0. The molecule has 2 atom stereocenters. The van der Waals surface area contributed by atoms with Crippen LogP contribution in [-0.4, -0.2) is 0 Å². The molecule has 0 aromatic rings. The minimum absolute atomic E-state index is 0.496. The molecule has 84 valence electrons. The lowest BCUT2D eigenvalue weighted by Gasteiger charge is -2.42. The van der Waals surface area contributed by atoms with Gasteiger partial charge in [-0.2, -0.15) is 0 Å². The Morgan fingerprint density at radius 1 is 1.40 bits per heavy atom. The van der Waals surface area contributed by atoms with Gasteiger partial charge in [0, 0.05) is 0 Å². The van der Waals surface area contributed by atoms with Crippen LogP contribution >= 0.6 is 0 Å². The van der Waals surface area contributed by atoms with Gasteiger partial charge in [0.15, 0.2) is 0 Å². The third-order valence-electron chi connectivity index (χ3n) is 4.37. The molecule has 0 bridgehead atoms.